The fourth-order valence-electron chi connectivity index (χ4n) is 7.26. The Kier molecular flexibility index (Phi) is 12.1. The predicted octanol–water partition coefficient (Wildman–Crippen LogP) is 5.37. The second-order valence-electron chi connectivity index (χ2n) is 12.9. The zero-order valence-corrected chi connectivity index (χ0v) is 28.6. The van der Waals surface area contributed by atoms with Gasteiger partial charge in [0, 0.05) is 54.0 Å². The van der Waals surface area contributed by atoms with Crippen LogP contribution in [0.2, 0.25) is 5.02 Å². The van der Waals surface area contributed by atoms with Crippen LogP contribution in [0.15, 0.2) is 42.5 Å². The molecule has 1 unspecified atom stereocenters. The van der Waals surface area contributed by atoms with E-state index in [1.807, 2.05) is 0 Å². The summed E-state index contributed by atoms with van der Waals surface area (Å²) in [5.41, 5.74) is 0.819. The van der Waals surface area contributed by atoms with Crippen molar-refractivity contribution in [3.63, 3.8) is 0 Å². The van der Waals surface area contributed by atoms with Crippen LogP contribution in [0.5, 0.6) is 0 Å². The van der Waals surface area contributed by atoms with E-state index >= 15 is 4.39 Å². The lowest BCUT2D eigenvalue weighted by atomic mass is 9.74. The topological polar surface area (TPSA) is 126 Å². The van der Waals surface area contributed by atoms with Gasteiger partial charge in [-0.1, -0.05) is 29.8 Å². The quantitative estimate of drug-likeness (QED) is 0.281. The van der Waals surface area contributed by atoms with Gasteiger partial charge in [0.1, 0.15) is 11.9 Å². The number of nitrogens with one attached hydrogen (secondary N) is 3. The highest BCUT2D eigenvalue weighted by Crippen LogP contribution is 2.40. The molecule has 3 aliphatic rings. The first-order valence-corrected chi connectivity index (χ1v) is 18.3. The van der Waals surface area contributed by atoms with Crippen LogP contribution < -0.4 is 16.0 Å². The first-order valence-electron chi connectivity index (χ1n) is 16.3. The van der Waals surface area contributed by atoms with Gasteiger partial charge in [-0.15, -0.1) is 0 Å². The number of sulfonamides is 1. The van der Waals surface area contributed by atoms with E-state index in [1.165, 1.54) is 22.5 Å². The van der Waals surface area contributed by atoms with Gasteiger partial charge in [-0.05, 0) is 74.3 Å². The lowest BCUT2D eigenvalue weighted by molar-refractivity contribution is -0.169. The molecule has 0 aromatic heterocycles. The highest BCUT2D eigenvalue weighted by atomic mass is 35.5. The molecule has 3 heterocycles. The van der Waals surface area contributed by atoms with Crippen molar-refractivity contribution < 1.29 is 45.0 Å². The molecule has 49 heavy (non-hydrogen) atoms. The van der Waals surface area contributed by atoms with E-state index in [-0.39, 0.29) is 48.9 Å². The monoisotopic (exact) mass is 732 g/mol. The molecule has 2 amide bonds. The molecule has 0 aliphatic carbocycles. The number of alkyl carbamates (subject to hydrolysis) is 1. The third kappa shape index (κ3) is 9.63. The van der Waals surface area contributed by atoms with E-state index in [2.05, 4.69) is 16.0 Å². The molecule has 2 aromatic rings. The number of benzene rings is 2. The minimum absolute atomic E-state index is 0.0135. The van der Waals surface area contributed by atoms with Gasteiger partial charge >= 0.3 is 12.3 Å². The fraction of sp³-hybridized carbons (Fsp3) is 0.576. The summed E-state index contributed by atoms with van der Waals surface area (Å²) in [5, 5.41) is 9.11. The average molecular weight is 733 g/mol. The molecule has 3 saturated heterocycles. The maximum atomic E-state index is 15.4. The zero-order valence-electron chi connectivity index (χ0n) is 27.0. The molecule has 270 valence electrons. The molecule has 5 rings (SSSR count). The lowest BCUT2D eigenvalue weighted by Crippen LogP contribution is -2.57. The van der Waals surface area contributed by atoms with Gasteiger partial charge < -0.3 is 25.4 Å². The first kappa shape index (κ1) is 37.3. The molecule has 0 radical (unpaired) electrons. The minimum Gasteiger partial charge on any atom is -0.453 e. The van der Waals surface area contributed by atoms with Crippen molar-refractivity contribution in [2.45, 2.75) is 81.3 Å². The lowest BCUT2D eigenvalue weighted by Gasteiger charge is -2.38. The van der Waals surface area contributed by atoms with E-state index < -0.39 is 70.5 Å². The molecule has 3 N–H and O–H groups in total. The summed E-state index contributed by atoms with van der Waals surface area (Å²) >= 11 is 6.13. The van der Waals surface area contributed by atoms with E-state index in [0.717, 1.165) is 13.5 Å². The predicted molar refractivity (Wildman–Crippen MR) is 175 cm³/mol. The number of fused-ring (bicyclic) bond motifs is 2. The number of amides is 2. The second kappa shape index (κ2) is 15.9. The second-order valence-corrected chi connectivity index (χ2v) is 15.3. The highest BCUT2D eigenvalue weighted by molar-refractivity contribution is 7.89. The van der Waals surface area contributed by atoms with Gasteiger partial charge in [-0.3, -0.25) is 4.79 Å². The van der Waals surface area contributed by atoms with Crippen molar-refractivity contribution in [1.29, 1.82) is 0 Å². The molecule has 7 atom stereocenters. The number of rotatable bonds is 10. The van der Waals surface area contributed by atoms with Crippen molar-refractivity contribution >= 4 is 39.3 Å². The van der Waals surface area contributed by atoms with Crippen molar-refractivity contribution in [3.05, 3.63) is 64.4 Å². The number of piperazine rings is 1. The van der Waals surface area contributed by atoms with Gasteiger partial charge in [-0.25, -0.2) is 17.6 Å². The van der Waals surface area contributed by atoms with Gasteiger partial charge in [0.2, 0.25) is 15.9 Å². The fourth-order valence-corrected chi connectivity index (χ4v) is 9.19. The SMILES string of the molecule is COC(=O)N[C@H](C(=O)Nc1cccc(F)c1CC[C@H]1CN[C@@H]2CCCS(=O)(=O)N1C2)[C@@H](c1ccc(Cl)cc1)[C@H]1CCO[C@@H](CC(F)(F)F)C1. The summed E-state index contributed by atoms with van der Waals surface area (Å²) in [4.78, 5) is 26.8. The summed E-state index contributed by atoms with van der Waals surface area (Å²) in [7, 11) is -2.36. The van der Waals surface area contributed by atoms with Gasteiger partial charge in [0.25, 0.3) is 0 Å². The van der Waals surface area contributed by atoms with Crippen LogP contribution in [0.3, 0.4) is 0 Å². The Morgan fingerprint density at radius 3 is 2.63 bits per heavy atom. The molecular formula is C33H41ClF4N4O6S. The highest BCUT2D eigenvalue weighted by Gasteiger charge is 2.43. The average Bonchev–Trinajstić information content (AvgIpc) is 3.16. The van der Waals surface area contributed by atoms with E-state index in [1.54, 1.807) is 24.3 Å². The largest absolute Gasteiger partial charge is 0.453 e. The van der Waals surface area contributed by atoms with E-state index in [0.29, 0.717) is 36.5 Å². The third-order valence-electron chi connectivity index (χ3n) is 9.60. The summed E-state index contributed by atoms with van der Waals surface area (Å²) in [6.07, 6.45) is -5.78. The van der Waals surface area contributed by atoms with Gasteiger partial charge in [0.05, 0.1) is 25.4 Å². The van der Waals surface area contributed by atoms with Crippen LogP contribution in [0.1, 0.15) is 55.6 Å². The summed E-state index contributed by atoms with van der Waals surface area (Å²) < 4.78 is 93.2. The van der Waals surface area contributed by atoms with Crippen LogP contribution in [0, 0.1) is 11.7 Å². The number of carbonyl (C=O) groups is 2. The van der Waals surface area contributed by atoms with Crippen molar-refractivity contribution in [2.75, 3.05) is 37.9 Å². The Morgan fingerprint density at radius 2 is 1.92 bits per heavy atom. The van der Waals surface area contributed by atoms with Crippen molar-refractivity contribution in [1.82, 2.24) is 14.9 Å². The van der Waals surface area contributed by atoms with Gasteiger partial charge in [-0.2, -0.15) is 17.5 Å². The Balaban J connectivity index is 1.42. The Labute approximate surface area is 288 Å². The Bertz CT molecular complexity index is 1580. The third-order valence-corrected chi connectivity index (χ3v) is 11.8. The summed E-state index contributed by atoms with van der Waals surface area (Å²) in [6, 6.07) is 8.92. The zero-order chi connectivity index (χ0) is 35.3. The number of halogens is 5. The first-order chi connectivity index (χ1) is 23.2. The number of methoxy groups -OCH3 is 1. The van der Waals surface area contributed by atoms with Gasteiger partial charge in [0.15, 0.2) is 0 Å². The minimum atomic E-state index is -4.47. The van der Waals surface area contributed by atoms with Crippen LogP contribution in [0.25, 0.3) is 0 Å². The Hall–Kier alpha value is -2.98. The van der Waals surface area contributed by atoms with E-state index in [4.69, 9.17) is 21.1 Å². The maximum absolute atomic E-state index is 15.4. The molecule has 3 aliphatic heterocycles. The maximum Gasteiger partial charge on any atom is 0.407 e. The molecule has 0 spiro atoms. The molecule has 2 aromatic carbocycles. The number of hydrogen-bond donors (Lipinski definition) is 3. The molecule has 2 bridgehead atoms. The number of carbonyl (C=O) groups excluding carboxylic acids is 2. The number of nitrogens with zero attached hydrogens (tertiary/aromatic N) is 1. The Morgan fingerprint density at radius 1 is 1.16 bits per heavy atom. The molecular weight excluding hydrogens is 692 g/mol. The molecule has 0 saturated carbocycles. The number of anilines is 1. The van der Waals surface area contributed by atoms with Crippen molar-refractivity contribution in [3.8, 4) is 0 Å². The number of hydrogen-bond acceptors (Lipinski definition) is 7. The van der Waals surface area contributed by atoms with Crippen LogP contribution in [-0.4, -0.2) is 87.7 Å². The molecule has 3 fully saturated rings. The van der Waals surface area contributed by atoms with Crippen LogP contribution in [-0.2, 0) is 30.7 Å². The van der Waals surface area contributed by atoms with Crippen molar-refractivity contribution in [2.24, 2.45) is 5.92 Å². The summed E-state index contributed by atoms with van der Waals surface area (Å²) in [5.74, 6) is -2.68. The van der Waals surface area contributed by atoms with Crippen LogP contribution in [0.4, 0.5) is 28.0 Å². The standard InChI is InChI=1S/C33H41ClF4N4O6S/c1-47-32(44)41-30(29(20-7-9-22(34)10-8-20)21-13-14-48-25(16-21)17-33(36,37)38)31(43)40-28-6-2-5-27(35)26(28)12-11-24-18-39-23-4-3-15-49(45,46)42(24)19-23/h2,5-10,21,23-25,29-30,39H,3-4,11-19H2,1H3,(H,40,43)(H,41,44)/t21-,23+,24-,25+,29-,30-/m0/s1. The number of ether oxygens (including phenoxy) is 2. The summed E-state index contributed by atoms with van der Waals surface area (Å²) in [6.45, 7) is 0.769. The van der Waals surface area contributed by atoms with E-state index in [9.17, 15) is 31.2 Å². The molecule has 16 heteroatoms. The normalized spacial score (nSPS) is 26.5. The van der Waals surface area contributed by atoms with Crippen LogP contribution >= 0.6 is 11.6 Å². The number of alkyl halides is 3. The molecule has 10 nitrogen and oxygen atoms in total. The smallest absolute Gasteiger partial charge is 0.407 e.